The fourth-order valence-corrected chi connectivity index (χ4v) is 1.61. The summed E-state index contributed by atoms with van der Waals surface area (Å²) in [5.41, 5.74) is 10.1. The molecular formula is C15H36N2O2. The monoisotopic (exact) mass is 276 g/mol. The second kappa shape index (κ2) is 22.6. The fourth-order valence-electron chi connectivity index (χ4n) is 1.61. The van der Waals surface area contributed by atoms with Crippen molar-refractivity contribution >= 4 is 5.91 Å². The molecule has 0 aromatic rings. The first-order valence-corrected chi connectivity index (χ1v) is 7.67. The van der Waals surface area contributed by atoms with E-state index in [-0.39, 0.29) is 11.4 Å². The molecule has 0 unspecified atom stereocenters. The van der Waals surface area contributed by atoms with Crippen molar-refractivity contribution in [3.8, 4) is 0 Å². The minimum atomic E-state index is -0.159. The number of amides is 1. The highest BCUT2D eigenvalue weighted by Crippen LogP contribution is 2.10. The molecule has 4 nitrogen and oxygen atoms in total. The average molecular weight is 276 g/mol. The summed E-state index contributed by atoms with van der Waals surface area (Å²) in [6, 6.07) is 0. The van der Waals surface area contributed by atoms with Crippen LogP contribution in [0.5, 0.6) is 0 Å². The number of primary amides is 1. The number of nitrogens with two attached hydrogens (primary N) is 2. The summed E-state index contributed by atoms with van der Waals surface area (Å²) in [6.45, 7) is 5.11. The van der Waals surface area contributed by atoms with Gasteiger partial charge in [0.05, 0.1) is 0 Å². The lowest BCUT2D eigenvalue weighted by molar-refractivity contribution is -0.118. The largest absolute Gasteiger partial charge is 0.412 e. The van der Waals surface area contributed by atoms with Gasteiger partial charge < -0.3 is 16.9 Å². The summed E-state index contributed by atoms with van der Waals surface area (Å²) >= 11 is 0. The standard InChI is InChI=1S/C12H25NO.C3H9N.H2O/c1-2-3-4-5-6-7-8-9-10-11-12(13)14;1-2-3-4;/h2-11H2,1H3,(H2,13,14);2-4H2,1H3;1H2. The molecule has 0 aromatic carbocycles. The van der Waals surface area contributed by atoms with Gasteiger partial charge in [-0.1, -0.05) is 65.2 Å². The SMILES string of the molecule is CCCCCCCCCCCC(N)=O.CCCN.O. The van der Waals surface area contributed by atoms with E-state index in [2.05, 4.69) is 13.8 Å². The van der Waals surface area contributed by atoms with Gasteiger partial charge in [-0.2, -0.15) is 0 Å². The summed E-state index contributed by atoms with van der Waals surface area (Å²) in [6.07, 6.45) is 13.2. The average Bonchev–Trinajstić information content (AvgIpc) is 2.37. The number of hydrogen-bond donors (Lipinski definition) is 2. The van der Waals surface area contributed by atoms with Crippen LogP contribution in [-0.4, -0.2) is 17.9 Å². The maximum absolute atomic E-state index is 10.4. The Morgan fingerprint density at radius 3 is 1.47 bits per heavy atom. The Bertz CT molecular complexity index is 162. The van der Waals surface area contributed by atoms with Crippen LogP contribution in [0.3, 0.4) is 0 Å². The van der Waals surface area contributed by atoms with Crippen molar-refractivity contribution in [1.82, 2.24) is 0 Å². The molecule has 19 heavy (non-hydrogen) atoms. The Labute approximate surface area is 119 Å². The molecule has 6 N–H and O–H groups in total. The molecule has 0 saturated carbocycles. The minimum absolute atomic E-state index is 0. The van der Waals surface area contributed by atoms with E-state index < -0.39 is 0 Å². The quantitative estimate of drug-likeness (QED) is 0.567. The van der Waals surface area contributed by atoms with Gasteiger partial charge in [0.1, 0.15) is 0 Å². The van der Waals surface area contributed by atoms with Crippen LogP contribution in [0.4, 0.5) is 0 Å². The Balaban J connectivity index is -0.000000448. The van der Waals surface area contributed by atoms with Crippen molar-refractivity contribution in [2.75, 3.05) is 6.54 Å². The van der Waals surface area contributed by atoms with Gasteiger partial charge in [-0.3, -0.25) is 4.79 Å². The van der Waals surface area contributed by atoms with Gasteiger partial charge >= 0.3 is 0 Å². The second-order valence-electron chi connectivity index (χ2n) is 4.83. The predicted molar refractivity (Wildman–Crippen MR) is 84.0 cm³/mol. The van der Waals surface area contributed by atoms with Gasteiger partial charge in [0.25, 0.3) is 0 Å². The lowest BCUT2D eigenvalue weighted by atomic mass is 10.1. The second-order valence-corrected chi connectivity index (χ2v) is 4.83. The molecular weight excluding hydrogens is 240 g/mol. The summed E-state index contributed by atoms with van der Waals surface area (Å²) in [7, 11) is 0. The first kappa shape index (κ1) is 23.5. The van der Waals surface area contributed by atoms with Crippen LogP contribution in [0.25, 0.3) is 0 Å². The Morgan fingerprint density at radius 2 is 1.16 bits per heavy atom. The Hall–Kier alpha value is -0.610. The van der Waals surface area contributed by atoms with Crippen LogP contribution in [0.1, 0.15) is 84.5 Å². The topological polar surface area (TPSA) is 101 Å². The molecule has 0 atom stereocenters. The van der Waals surface area contributed by atoms with E-state index >= 15 is 0 Å². The lowest BCUT2D eigenvalue weighted by Crippen LogP contribution is -2.09. The molecule has 0 bridgehead atoms. The molecule has 0 saturated heterocycles. The van der Waals surface area contributed by atoms with Crippen molar-refractivity contribution in [3.05, 3.63) is 0 Å². The molecule has 0 aliphatic rings. The molecule has 4 heteroatoms. The molecule has 0 heterocycles. The van der Waals surface area contributed by atoms with Crippen LogP contribution >= 0.6 is 0 Å². The van der Waals surface area contributed by atoms with E-state index in [1.165, 1.54) is 44.9 Å². The highest BCUT2D eigenvalue weighted by molar-refractivity contribution is 5.73. The smallest absolute Gasteiger partial charge is 0.217 e. The van der Waals surface area contributed by atoms with Crippen LogP contribution < -0.4 is 11.5 Å². The highest BCUT2D eigenvalue weighted by Gasteiger charge is 1.94. The van der Waals surface area contributed by atoms with E-state index in [1.807, 2.05) is 0 Å². The number of rotatable bonds is 11. The number of carbonyl (C=O) groups is 1. The van der Waals surface area contributed by atoms with Crippen molar-refractivity contribution in [1.29, 1.82) is 0 Å². The van der Waals surface area contributed by atoms with E-state index in [9.17, 15) is 4.79 Å². The summed E-state index contributed by atoms with van der Waals surface area (Å²) in [5.74, 6) is -0.159. The molecule has 0 aliphatic carbocycles. The molecule has 0 rings (SSSR count). The first-order chi connectivity index (χ1) is 8.68. The highest BCUT2D eigenvalue weighted by atomic mass is 16.1. The fraction of sp³-hybridized carbons (Fsp3) is 0.933. The molecule has 0 spiro atoms. The maximum atomic E-state index is 10.4. The van der Waals surface area contributed by atoms with Crippen molar-refractivity contribution in [2.45, 2.75) is 84.5 Å². The van der Waals surface area contributed by atoms with E-state index in [1.54, 1.807) is 0 Å². The van der Waals surface area contributed by atoms with Crippen molar-refractivity contribution in [3.63, 3.8) is 0 Å². The minimum Gasteiger partial charge on any atom is -0.412 e. The number of carbonyl (C=O) groups excluding carboxylic acids is 1. The lowest BCUT2D eigenvalue weighted by Gasteiger charge is -2.00. The van der Waals surface area contributed by atoms with Crippen LogP contribution in [-0.2, 0) is 4.79 Å². The third-order valence-corrected chi connectivity index (χ3v) is 2.82. The first-order valence-electron chi connectivity index (χ1n) is 7.67. The molecule has 0 aliphatic heterocycles. The summed E-state index contributed by atoms with van der Waals surface area (Å²) < 4.78 is 0. The Kier molecular flexibility index (Phi) is 27.9. The van der Waals surface area contributed by atoms with Gasteiger partial charge in [0.2, 0.25) is 5.91 Å². The van der Waals surface area contributed by atoms with Gasteiger partial charge in [-0.15, -0.1) is 0 Å². The van der Waals surface area contributed by atoms with Crippen LogP contribution in [0.2, 0.25) is 0 Å². The van der Waals surface area contributed by atoms with Gasteiger partial charge in [-0.25, -0.2) is 0 Å². The number of hydrogen-bond acceptors (Lipinski definition) is 2. The zero-order valence-electron chi connectivity index (χ0n) is 13.0. The summed E-state index contributed by atoms with van der Waals surface area (Å²) in [5, 5.41) is 0. The van der Waals surface area contributed by atoms with E-state index in [4.69, 9.17) is 11.5 Å². The molecule has 118 valence electrons. The van der Waals surface area contributed by atoms with Gasteiger partial charge in [0.15, 0.2) is 0 Å². The molecule has 0 radical (unpaired) electrons. The van der Waals surface area contributed by atoms with Gasteiger partial charge in [-0.05, 0) is 19.4 Å². The molecule has 1 amide bonds. The van der Waals surface area contributed by atoms with E-state index in [0.29, 0.717) is 6.42 Å². The van der Waals surface area contributed by atoms with E-state index in [0.717, 1.165) is 25.8 Å². The van der Waals surface area contributed by atoms with Crippen molar-refractivity contribution < 1.29 is 10.3 Å². The number of unbranched alkanes of at least 4 members (excludes halogenated alkanes) is 8. The summed E-state index contributed by atoms with van der Waals surface area (Å²) in [4.78, 5) is 10.4. The Morgan fingerprint density at radius 1 is 0.789 bits per heavy atom. The molecule has 0 aromatic heterocycles. The molecule has 0 fully saturated rings. The normalized spacial score (nSPS) is 9.21. The van der Waals surface area contributed by atoms with Crippen molar-refractivity contribution in [2.24, 2.45) is 11.5 Å². The zero-order chi connectivity index (χ0) is 14.1. The van der Waals surface area contributed by atoms with Gasteiger partial charge in [0, 0.05) is 6.42 Å². The van der Waals surface area contributed by atoms with Crippen LogP contribution in [0, 0.1) is 0 Å². The van der Waals surface area contributed by atoms with Crippen LogP contribution in [0.15, 0.2) is 0 Å². The predicted octanol–water partition coefficient (Wildman–Crippen LogP) is 2.92. The zero-order valence-corrected chi connectivity index (χ0v) is 13.0. The maximum Gasteiger partial charge on any atom is 0.217 e. The third kappa shape index (κ3) is 31.7. The third-order valence-electron chi connectivity index (χ3n) is 2.82.